The third-order valence-electron chi connectivity index (χ3n) is 17.3. The molecule has 0 bridgehead atoms. The summed E-state index contributed by atoms with van der Waals surface area (Å²) in [6, 6.07) is -1.03. The Morgan fingerprint density at radius 1 is 0.443 bits per heavy atom. The fourth-order valence-electron chi connectivity index (χ4n) is 11.5. The van der Waals surface area contributed by atoms with Gasteiger partial charge in [-0.1, -0.05) is 312 Å². The minimum atomic E-state index is -1.62. The van der Waals surface area contributed by atoms with Crippen LogP contribution in [0.3, 0.4) is 0 Å². The maximum absolute atomic E-state index is 13.5. The summed E-state index contributed by atoms with van der Waals surface area (Å²) in [5.74, 6) is -1.19. The molecule has 0 aromatic carbocycles. The monoisotopic (exact) mass is 1240 g/mol. The molecule has 1 saturated heterocycles. The average molecular weight is 1240 g/mol. The Hall–Kier alpha value is -2.90. The number of aliphatic hydroxyl groups is 5. The molecule has 1 aliphatic rings. The van der Waals surface area contributed by atoms with E-state index in [0.29, 0.717) is 12.8 Å². The van der Waals surface area contributed by atoms with E-state index in [0.717, 1.165) is 89.9 Å². The second-order valence-corrected chi connectivity index (χ2v) is 25.7. The third kappa shape index (κ3) is 50.7. The van der Waals surface area contributed by atoms with Gasteiger partial charge in [0.2, 0.25) is 5.91 Å². The zero-order valence-corrected chi connectivity index (χ0v) is 57.1. The second kappa shape index (κ2) is 64.2. The highest BCUT2D eigenvalue weighted by atomic mass is 16.7. The largest absolute Gasteiger partial charge is 0.454 e. The molecule has 0 aromatic heterocycles. The molecular formula is C77H139NO10. The highest BCUT2D eigenvalue weighted by Crippen LogP contribution is 2.26. The quantitative estimate of drug-likeness (QED) is 0.0195. The number of ether oxygens (including phenoxy) is 3. The summed E-state index contributed by atoms with van der Waals surface area (Å²) in [7, 11) is 0. The molecule has 1 heterocycles. The molecule has 11 heteroatoms. The van der Waals surface area contributed by atoms with Crippen molar-refractivity contribution < 1.29 is 49.3 Å². The number of allylic oxidation sites excluding steroid dienone is 11. The summed E-state index contributed by atoms with van der Waals surface area (Å²) in [6.45, 7) is 5.77. The van der Waals surface area contributed by atoms with E-state index in [1.165, 1.54) is 205 Å². The Balaban J connectivity index is 2.53. The van der Waals surface area contributed by atoms with Crippen molar-refractivity contribution in [2.45, 2.75) is 391 Å². The second-order valence-electron chi connectivity index (χ2n) is 25.7. The van der Waals surface area contributed by atoms with E-state index < -0.39 is 67.4 Å². The van der Waals surface area contributed by atoms with Gasteiger partial charge in [0.25, 0.3) is 0 Å². The zero-order valence-electron chi connectivity index (χ0n) is 57.1. The van der Waals surface area contributed by atoms with Crippen LogP contribution in [0.4, 0.5) is 0 Å². The molecule has 8 atom stereocenters. The van der Waals surface area contributed by atoms with Gasteiger partial charge in [-0.05, 0) is 96.3 Å². The number of esters is 1. The minimum absolute atomic E-state index is 0.123. The molecule has 6 N–H and O–H groups in total. The van der Waals surface area contributed by atoms with Crippen molar-refractivity contribution in [3.8, 4) is 0 Å². The van der Waals surface area contributed by atoms with Crippen LogP contribution in [0.5, 0.6) is 0 Å². The lowest BCUT2D eigenvalue weighted by atomic mass is 9.99. The van der Waals surface area contributed by atoms with Gasteiger partial charge < -0.3 is 45.1 Å². The maximum Gasteiger partial charge on any atom is 0.306 e. The molecule has 1 aliphatic heterocycles. The normalized spacial score (nSPS) is 18.6. The maximum atomic E-state index is 13.5. The Bertz CT molecular complexity index is 1710. The highest BCUT2D eigenvalue weighted by Gasteiger charge is 2.47. The molecule has 0 radical (unpaired) electrons. The van der Waals surface area contributed by atoms with Gasteiger partial charge in [0.05, 0.1) is 25.4 Å². The Kier molecular flexibility index (Phi) is 60.6. The van der Waals surface area contributed by atoms with Crippen molar-refractivity contribution in [3.05, 3.63) is 72.9 Å². The molecule has 512 valence electrons. The lowest BCUT2D eigenvalue weighted by Crippen LogP contribution is -2.61. The summed E-state index contributed by atoms with van der Waals surface area (Å²) in [5, 5.41) is 57.3. The van der Waals surface area contributed by atoms with Crippen molar-refractivity contribution in [3.63, 3.8) is 0 Å². The van der Waals surface area contributed by atoms with Gasteiger partial charge in [-0.2, -0.15) is 0 Å². The number of hydrogen-bond acceptors (Lipinski definition) is 10. The van der Waals surface area contributed by atoms with Gasteiger partial charge in [-0.3, -0.25) is 9.59 Å². The van der Waals surface area contributed by atoms with Crippen LogP contribution < -0.4 is 5.32 Å². The summed E-state index contributed by atoms with van der Waals surface area (Å²) < 4.78 is 17.7. The van der Waals surface area contributed by atoms with Crippen LogP contribution in [0.25, 0.3) is 0 Å². The first-order chi connectivity index (χ1) is 43.2. The average Bonchev–Trinajstić information content (AvgIpc) is 2.78. The molecule has 1 fully saturated rings. The summed E-state index contributed by atoms with van der Waals surface area (Å²) in [5.41, 5.74) is 0. The summed E-state index contributed by atoms with van der Waals surface area (Å²) in [6.07, 6.45) is 73.7. The Morgan fingerprint density at radius 3 is 1.19 bits per heavy atom. The SMILES string of the molecule is CCCCC/C=C\C/C=C\C/C=C\CCCCCCCCCC(O)C(=O)NC(COC1OC(CO)C(O)C(O)C1OC(=O)CCCCCCCCCCCCCCCCCCC/C=C\C/C=C\CCCCC)C(O)/C=C/CCCCCCCCCCCC. The van der Waals surface area contributed by atoms with Crippen LogP contribution >= 0.6 is 0 Å². The van der Waals surface area contributed by atoms with Crippen LogP contribution in [0.1, 0.15) is 342 Å². The molecule has 1 amide bonds. The van der Waals surface area contributed by atoms with E-state index in [9.17, 15) is 35.1 Å². The Labute approximate surface area is 541 Å². The van der Waals surface area contributed by atoms with Crippen molar-refractivity contribution in [2.75, 3.05) is 13.2 Å². The number of nitrogens with one attached hydrogen (secondary N) is 1. The first kappa shape index (κ1) is 83.1. The van der Waals surface area contributed by atoms with Gasteiger partial charge >= 0.3 is 5.97 Å². The van der Waals surface area contributed by atoms with E-state index in [-0.39, 0.29) is 19.4 Å². The topological polar surface area (TPSA) is 175 Å². The van der Waals surface area contributed by atoms with E-state index in [4.69, 9.17) is 14.2 Å². The number of carbonyl (C=O) groups excluding carboxylic acids is 2. The van der Waals surface area contributed by atoms with Crippen LogP contribution in [0.15, 0.2) is 72.9 Å². The van der Waals surface area contributed by atoms with Crippen molar-refractivity contribution in [1.29, 1.82) is 0 Å². The number of unbranched alkanes of at least 4 members (excludes halogenated alkanes) is 40. The predicted octanol–water partition coefficient (Wildman–Crippen LogP) is 19.5. The molecule has 88 heavy (non-hydrogen) atoms. The molecule has 0 aliphatic carbocycles. The first-order valence-corrected chi connectivity index (χ1v) is 37.2. The molecule has 8 unspecified atom stereocenters. The molecular weight excluding hydrogens is 1100 g/mol. The van der Waals surface area contributed by atoms with E-state index in [1.807, 2.05) is 6.08 Å². The standard InChI is InChI=1S/C77H139NO10/c1-4-7-10-13-16-19-22-25-27-29-31-33-34-35-36-37-38-39-41-43-45-47-50-53-56-59-62-65-72(82)88-75-74(84)73(83)71(66-79)87-77(75)86-67-68(69(80)63-60-57-54-51-48-24-21-18-15-12-9-6-3)78-76(85)70(81)64-61-58-55-52-49-46-44-42-40-32-30-28-26-23-20-17-14-11-8-5-2/h16-17,19-20,25-28,32,40,60,63,68-71,73-75,77,79-81,83-84H,4-15,18,21-24,29-31,33-39,41-59,61-62,64-67H2,1-3H3,(H,78,85)/b19-16-,20-17-,27-25-,28-26-,40-32-,63-60+. The van der Waals surface area contributed by atoms with Crippen molar-refractivity contribution >= 4 is 11.9 Å². The van der Waals surface area contributed by atoms with Crippen LogP contribution in [0, 0.1) is 0 Å². The number of hydrogen-bond donors (Lipinski definition) is 6. The van der Waals surface area contributed by atoms with Crippen molar-refractivity contribution in [2.24, 2.45) is 0 Å². The van der Waals surface area contributed by atoms with Crippen LogP contribution in [-0.2, 0) is 23.8 Å². The van der Waals surface area contributed by atoms with Gasteiger partial charge in [0, 0.05) is 6.42 Å². The Morgan fingerprint density at radius 2 is 0.784 bits per heavy atom. The molecule has 11 nitrogen and oxygen atoms in total. The van der Waals surface area contributed by atoms with Gasteiger partial charge in [-0.15, -0.1) is 0 Å². The van der Waals surface area contributed by atoms with Gasteiger partial charge in [-0.25, -0.2) is 0 Å². The lowest BCUT2D eigenvalue weighted by molar-refractivity contribution is -0.305. The van der Waals surface area contributed by atoms with E-state index in [1.54, 1.807) is 6.08 Å². The van der Waals surface area contributed by atoms with E-state index >= 15 is 0 Å². The molecule has 0 aromatic rings. The number of carbonyl (C=O) groups is 2. The highest BCUT2D eigenvalue weighted by molar-refractivity contribution is 5.80. The smallest absolute Gasteiger partial charge is 0.306 e. The lowest BCUT2D eigenvalue weighted by Gasteiger charge is -2.41. The summed E-state index contributed by atoms with van der Waals surface area (Å²) in [4.78, 5) is 26.7. The summed E-state index contributed by atoms with van der Waals surface area (Å²) >= 11 is 0. The fourth-order valence-corrected chi connectivity index (χ4v) is 11.5. The fraction of sp³-hybridized carbons (Fsp3) is 0.818. The van der Waals surface area contributed by atoms with Crippen LogP contribution in [-0.4, -0.2) is 99.6 Å². The van der Waals surface area contributed by atoms with Crippen molar-refractivity contribution in [1.82, 2.24) is 5.32 Å². The predicted molar refractivity (Wildman–Crippen MR) is 370 cm³/mol. The molecule has 0 spiro atoms. The number of rotatable bonds is 64. The number of amides is 1. The molecule has 0 saturated carbocycles. The van der Waals surface area contributed by atoms with Gasteiger partial charge in [0.1, 0.15) is 24.4 Å². The van der Waals surface area contributed by atoms with E-state index in [2.05, 4.69) is 86.8 Å². The van der Waals surface area contributed by atoms with Gasteiger partial charge in [0.15, 0.2) is 12.4 Å². The zero-order chi connectivity index (χ0) is 63.9. The minimum Gasteiger partial charge on any atom is -0.454 e. The van der Waals surface area contributed by atoms with Crippen LogP contribution in [0.2, 0.25) is 0 Å². The number of aliphatic hydroxyl groups excluding tert-OH is 5. The third-order valence-corrected chi connectivity index (χ3v) is 17.3. The molecule has 1 rings (SSSR count). The first-order valence-electron chi connectivity index (χ1n) is 37.2.